The summed E-state index contributed by atoms with van der Waals surface area (Å²) in [6.07, 6.45) is -1.00. The highest BCUT2D eigenvalue weighted by atomic mass is 35.5. The zero-order valence-corrected chi connectivity index (χ0v) is 15.4. The molecule has 0 fully saturated rings. The van der Waals surface area contributed by atoms with E-state index in [0.29, 0.717) is 5.56 Å². The summed E-state index contributed by atoms with van der Waals surface area (Å²) in [6, 6.07) is 11.8. The smallest absolute Gasteiger partial charge is 0.346 e. The van der Waals surface area contributed by atoms with Crippen LogP contribution in [0.5, 0.6) is 5.75 Å². The van der Waals surface area contributed by atoms with Gasteiger partial charge in [-0.2, -0.15) is 0 Å². The Morgan fingerprint density at radius 1 is 1.15 bits per heavy atom. The highest BCUT2D eigenvalue weighted by Gasteiger charge is 2.24. The predicted molar refractivity (Wildman–Crippen MR) is 100 cm³/mol. The Morgan fingerprint density at radius 2 is 1.85 bits per heavy atom. The van der Waals surface area contributed by atoms with E-state index in [4.69, 9.17) is 32.4 Å². The highest BCUT2D eigenvalue weighted by Crippen LogP contribution is 2.35. The minimum atomic E-state index is -1.00. The molecular formula is C19H14Cl2O5. The summed E-state index contributed by atoms with van der Waals surface area (Å²) in [7, 11) is 1.24. The van der Waals surface area contributed by atoms with Crippen LogP contribution in [0.25, 0.3) is 22.3 Å². The van der Waals surface area contributed by atoms with Crippen LogP contribution in [-0.4, -0.2) is 19.2 Å². The van der Waals surface area contributed by atoms with Gasteiger partial charge in [0.25, 0.3) is 0 Å². The number of fused-ring (bicyclic) bond motifs is 1. The number of methoxy groups -OCH3 is 1. The average molecular weight is 393 g/mol. The number of benzene rings is 2. The van der Waals surface area contributed by atoms with Gasteiger partial charge in [-0.3, -0.25) is 4.79 Å². The molecule has 0 saturated carbocycles. The molecule has 0 amide bonds. The Balaban J connectivity index is 2.30. The molecule has 134 valence electrons. The number of esters is 1. The van der Waals surface area contributed by atoms with Gasteiger partial charge in [0.1, 0.15) is 0 Å². The summed E-state index contributed by atoms with van der Waals surface area (Å²) in [5.41, 5.74) is 0.313. The first-order chi connectivity index (χ1) is 12.4. The quantitative estimate of drug-likeness (QED) is 0.601. The highest BCUT2D eigenvalue weighted by molar-refractivity contribution is 6.38. The maximum atomic E-state index is 13.0. The lowest BCUT2D eigenvalue weighted by molar-refractivity contribution is -0.147. The third-order valence-corrected chi connectivity index (χ3v) is 4.23. The first kappa shape index (κ1) is 18.3. The number of hydrogen-bond acceptors (Lipinski definition) is 5. The predicted octanol–water partition coefficient (Wildman–Crippen LogP) is 4.71. The van der Waals surface area contributed by atoms with Crippen molar-refractivity contribution in [2.24, 2.45) is 0 Å². The second kappa shape index (κ2) is 7.40. The lowest BCUT2D eigenvalue weighted by Crippen LogP contribution is -2.27. The van der Waals surface area contributed by atoms with Crippen molar-refractivity contribution in [3.63, 3.8) is 0 Å². The fourth-order valence-corrected chi connectivity index (χ4v) is 3.02. The standard InChI is InChI=1S/C19H14Cl2O5/c1-10(19(23)24-2)25-18-15(22)13-8-12(20)9-14(21)17(13)26-16(18)11-6-4-3-5-7-11/h3-10H,1-2H3/t10-/m1/s1. The molecule has 1 atom stereocenters. The van der Waals surface area contributed by atoms with Gasteiger partial charge in [0.15, 0.2) is 17.4 Å². The number of carbonyl (C=O) groups is 1. The van der Waals surface area contributed by atoms with Gasteiger partial charge < -0.3 is 13.9 Å². The molecule has 3 aromatic rings. The molecule has 1 heterocycles. The van der Waals surface area contributed by atoms with Gasteiger partial charge in [0, 0.05) is 10.6 Å². The van der Waals surface area contributed by atoms with Crippen LogP contribution in [0.1, 0.15) is 6.92 Å². The zero-order chi connectivity index (χ0) is 18.8. The van der Waals surface area contributed by atoms with E-state index in [9.17, 15) is 9.59 Å². The number of rotatable bonds is 4. The minimum absolute atomic E-state index is 0.111. The monoisotopic (exact) mass is 392 g/mol. The molecule has 26 heavy (non-hydrogen) atoms. The van der Waals surface area contributed by atoms with Gasteiger partial charge in [-0.25, -0.2) is 4.79 Å². The first-order valence-electron chi connectivity index (χ1n) is 7.68. The fraction of sp³-hybridized carbons (Fsp3) is 0.158. The molecular weight excluding hydrogens is 379 g/mol. The number of hydrogen-bond donors (Lipinski definition) is 0. The third kappa shape index (κ3) is 3.41. The second-order valence-corrected chi connectivity index (χ2v) is 6.35. The summed E-state index contributed by atoms with van der Waals surface area (Å²) >= 11 is 12.2. The molecule has 0 spiro atoms. The first-order valence-corrected chi connectivity index (χ1v) is 8.43. The van der Waals surface area contributed by atoms with Gasteiger partial charge in [-0.15, -0.1) is 0 Å². The summed E-state index contributed by atoms with van der Waals surface area (Å²) in [4.78, 5) is 24.7. The lowest BCUT2D eigenvalue weighted by atomic mass is 10.1. The summed E-state index contributed by atoms with van der Waals surface area (Å²) in [5, 5.41) is 0.651. The van der Waals surface area contributed by atoms with Crippen molar-refractivity contribution in [3.8, 4) is 17.1 Å². The molecule has 0 unspecified atom stereocenters. The molecule has 0 aliphatic heterocycles. The van der Waals surface area contributed by atoms with Crippen LogP contribution in [0, 0.1) is 0 Å². The van der Waals surface area contributed by atoms with Gasteiger partial charge in [0.2, 0.25) is 11.2 Å². The molecule has 5 nitrogen and oxygen atoms in total. The van der Waals surface area contributed by atoms with Gasteiger partial charge >= 0.3 is 5.97 Å². The second-order valence-electron chi connectivity index (χ2n) is 5.50. The molecule has 0 aliphatic rings. The molecule has 0 radical (unpaired) electrons. The average Bonchev–Trinajstić information content (AvgIpc) is 2.64. The van der Waals surface area contributed by atoms with Crippen LogP contribution in [-0.2, 0) is 9.53 Å². The van der Waals surface area contributed by atoms with E-state index < -0.39 is 17.5 Å². The molecule has 0 aliphatic carbocycles. The van der Waals surface area contributed by atoms with E-state index in [1.165, 1.54) is 26.2 Å². The Bertz CT molecular complexity index is 1030. The Kier molecular flexibility index (Phi) is 5.20. The fourth-order valence-electron chi connectivity index (χ4n) is 2.48. The van der Waals surface area contributed by atoms with Crippen molar-refractivity contribution in [3.05, 3.63) is 62.7 Å². The summed E-state index contributed by atoms with van der Waals surface area (Å²) < 4.78 is 16.2. The maximum absolute atomic E-state index is 13.0. The normalized spacial score (nSPS) is 12.0. The Morgan fingerprint density at radius 3 is 2.50 bits per heavy atom. The topological polar surface area (TPSA) is 65.7 Å². The maximum Gasteiger partial charge on any atom is 0.346 e. The van der Waals surface area contributed by atoms with E-state index in [1.54, 1.807) is 24.3 Å². The van der Waals surface area contributed by atoms with E-state index in [-0.39, 0.29) is 32.5 Å². The minimum Gasteiger partial charge on any atom is -0.471 e. The van der Waals surface area contributed by atoms with Crippen LogP contribution in [0.2, 0.25) is 10.0 Å². The SMILES string of the molecule is COC(=O)[C@@H](C)Oc1c(-c2ccccc2)oc2c(Cl)cc(Cl)cc2c1=O. The van der Waals surface area contributed by atoms with Crippen molar-refractivity contribution in [1.82, 2.24) is 0 Å². The molecule has 3 rings (SSSR count). The van der Waals surface area contributed by atoms with Crippen molar-refractivity contribution in [2.75, 3.05) is 7.11 Å². The molecule has 1 aromatic heterocycles. The van der Waals surface area contributed by atoms with Crippen LogP contribution in [0.4, 0.5) is 0 Å². The Labute approximate surface area is 159 Å². The van der Waals surface area contributed by atoms with E-state index in [1.807, 2.05) is 6.07 Å². The van der Waals surface area contributed by atoms with Gasteiger partial charge in [-0.05, 0) is 19.1 Å². The third-order valence-electron chi connectivity index (χ3n) is 3.73. The molecule has 2 aromatic carbocycles. The summed E-state index contributed by atoms with van der Waals surface area (Å²) in [5.74, 6) is -0.560. The molecule has 0 saturated heterocycles. The van der Waals surface area contributed by atoms with Crippen LogP contribution in [0.15, 0.2) is 51.7 Å². The molecule has 7 heteroatoms. The van der Waals surface area contributed by atoms with Crippen molar-refractivity contribution < 1.29 is 18.7 Å². The lowest BCUT2D eigenvalue weighted by Gasteiger charge is -2.15. The van der Waals surface area contributed by atoms with Crippen molar-refractivity contribution in [2.45, 2.75) is 13.0 Å². The molecule has 0 N–H and O–H groups in total. The van der Waals surface area contributed by atoms with Crippen molar-refractivity contribution >= 4 is 40.1 Å². The number of halogens is 2. The number of ether oxygens (including phenoxy) is 2. The van der Waals surface area contributed by atoms with E-state index >= 15 is 0 Å². The van der Waals surface area contributed by atoms with Gasteiger partial charge in [0.05, 0.1) is 17.5 Å². The number of carbonyl (C=O) groups excluding carboxylic acids is 1. The zero-order valence-electron chi connectivity index (χ0n) is 13.9. The molecule has 0 bridgehead atoms. The largest absolute Gasteiger partial charge is 0.471 e. The van der Waals surface area contributed by atoms with Gasteiger partial charge in [-0.1, -0.05) is 53.5 Å². The van der Waals surface area contributed by atoms with E-state index in [0.717, 1.165) is 0 Å². The van der Waals surface area contributed by atoms with Crippen molar-refractivity contribution in [1.29, 1.82) is 0 Å². The van der Waals surface area contributed by atoms with Crippen LogP contribution >= 0.6 is 23.2 Å². The van der Waals surface area contributed by atoms with E-state index in [2.05, 4.69) is 4.74 Å². The van der Waals surface area contributed by atoms with Crippen LogP contribution in [0.3, 0.4) is 0 Å². The Hall–Kier alpha value is -2.50. The summed E-state index contributed by atoms with van der Waals surface area (Å²) in [6.45, 7) is 1.48. The van der Waals surface area contributed by atoms with Crippen LogP contribution < -0.4 is 10.2 Å².